The van der Waals surface area contributed by atoms with E-state index in [1.54, 1.807) is 0 Å². The minimum absolute atomic E-state index is 0.503. The fraction of sp³-hybridized carbons (Fsp3) is 0. The monoisotopic (exact) mass is 201 g/mol. The molecule has 0 aliphatic rings. The highest BCUT2D eigenvalue weighted by atomic mass is 15.5. The largest absolute Gasteiger partial charge is 0.297 e. The summed E-state index contributed by atoms with van der Waals surface area (Å²) in [6.45, 7) is 0. The smallest absolute Gasteiger partial charge is 0.285 e. The number of amidine groups is 1. The van der Waals surface area contributed by atoms with Gasteiger partial charge >= 0.3 is 0 Å². The van der Waals surface area contributed by atoms with E-state index in [1.807, 2.05) is 36.4 Å². The first-order chi connectivity index (χ1) is 7.31. The van der Waals surface area contributed by atoms with Crippen LogP contribution in [-0.2, 0) is 0 Å². The molecule has 0 heterocycles. The molecule has 0 aromatic heterocycles. The maximum atomic E-state index is 5.76. The summed E-state index contributed by atoms with van der Waals surface area (Å²) in [5.74, 6) is 5.62. The Kier molecular flexibility index (Phi) is 2.51. The van der Waals surface area contributed by atoms with E-state index in [4.69, 9.17) is 11.6 Å². The lowest BCUT2D eigenvalue weighted by atomic mass is 10.1. The Morgan fingerprint density at radius 2 is 1.80 bits per heavy atom. The number of hydrazine groups is 2. The van der Waals surface area contributed by atoms with E-state index in [0.717, 1.165) is 10.9 Å². The number of nitrogens with two attached hydrogens (primary N) is 2. The molecule has 0 atom stereocenters. The van der Waals surface area contributed by atoms with Gasteiger partial charge in [0, 0.05) is 0 Å². The number of nitrogens with one attached hydrogen (secondary N) is 2. The first-order valence-electron chi connectivity index (χ1n) is 4.64. The van der Waals surface area contributed by atoms with E-state index in [9.17, 15) is 0 Å². The fourth-order valence-corrected chi connectivity index (χ4v) is 1.51. The van der Waals surface area contributed by atoms with E-state index >= 15 is 0 Å². The van der Waals surface area contributed by atoms with Crippen molar-refractivity contribution in [3.05, 3.63) is 48.0 Å². The molecule has 4 heteroatoms. The maximum Gasteiger partial charge on any atom is 0.297 e. The van der Waals surface area contributed by atoms with Gasteiger partial charge in [0.15, 0.2) is 0 Å². The Bertz CT molecular complexity index is 505. The fourth-order valence-electron chi connectivity index (χ4n) is 1.51. The zero-order chi connectivity index (χ0) is 10.7. The van der Waals surface area contributed by atoms with Crippen molar-refractivity contribution in [1.82, 2.24) is 5.53 Å². The van der Waals surface area contributed by atoms with Gasteiger partial charge in [0.2, 0.25) is 0 Å². The van der Waals surface area contributed by atoms with Crippen LogP contribution in [0.4, 0.5) is 0 Å². The van der Waals surface area contributed by atoms with Crippen molar-refractivity contribution < 1.29 is 5.10 Å². The third kappa shape index (κ3) is 1.89. The molecule has 0 aliphatic carbocycles. The van der Waals surface area contributed by atoms with Crippen LogP contribution in [0.3, 0.4) is 0 Å². The minimum Gasteiger partial charge on any atom is -0.285 e. The van der Waals surface area contributed by atoms with Crippen LogP contribution in [0.5, 0.6) is 0 Å². The van der Waals surface area contributed by atoms with E-state index in [-0.39, 0.29) is 0 Å². The third-order valence-electron chi connectivity index (χ3n) is 2.27. The molecule has 15 heavy (non-hydrogen) atoms. The number of fused-ring (bicyclic) bond motifs is 1. The standard InChI is InChI=1S/C11H12N4/c12-11(14-15-13)10-6-5-8-3-1-2-4-9(8)7-10/h1-7,15H,13H2,(H2,12,14)/p+1. The molecule has 0 amide bonds. The van der Waals surface area contributed by atoms with Crippen molar-refractivity contribution in [1.29, 1.82) is 0 Å². The second-order valence-corrected chi connectivity index (χ2v) is 3.24. The number of benzene rings is 2. The second kappa shape index (κ2) is 3.98. The summed E-state index contributed by atoms with van der Waals surface area (Å²) >= 11 is 0. The molecule has 4 nitrogen and oxygen atoms in total. The first kappa shape index (κ1) is 9.48. The van der Waals surface area contributed by atoms with Gasteiger partial charge in [-0.25, -0.2) is 5.84 Å². The molecular formula is C11H13N4+. The van der Waals surface area contributed by atoms with Gasteiger partial charge in [-0.1, -0.05) is 30.3 Å². The van der Waals surface area contributed by atoms with Gasteiger partial charge in [-0.2, -0.15) is 10.6 Å². The van der Waals surface area contributed by atoms with Gasteiger partial charge in [-0.3, -0.25) is 5.73 Å². The summed E-state index contributed by atoms with van der Waals surface area (Å²) in [4.78, 5) is 0. The highest BCUT2D eigenvalue weighted by molar-refractivity contribution is 5.97. The van der Waals surface area contributed by atoms with Gasteiger partial charge in [0.05, 0.1) is 5.56 Å². The molecule has 2 aromatic rings. The van der Waals surface area contributed by atoms with Crippen molar-refractivity contribution in [2.45, 2.75) is 0 Å². The SMILES string of the molecule is NN/[NH+]=C(\N)c1ccc2ccccc2c1. The average molecular weight is 201 g/mol. The summed E-state index contributed by atoms with van der Waals surface area (Å²) in [6, 6.07) is 14.1. The quantitative estimate of drug-likeness (QED) is 0.218. The summed E-state index contributed by atoms with van der Waals surface area (Å²) in [5.41, 5.74) is 8.97. The Morgan fingerprint density at radius 1 is 1.07 bits per heavy atom. The molecule has 0 radical (unpaired) electrons. The van der Waals surface area contributed by atoms with Crippen LogP contribution in [0.2, 0.25) is 0 Å². The van der Waals surface area contributed by atoms with Gasteiger partial charge in [0.25, 0.3) is 5.84 Å². The molecule has 6 N–H and O–H groups in total. The molecule has 0 unspecified atom stereocenters. The molecule has 2 rings (SSSR count). The van der Waals surface area contributed by atoms with Crippen LogP contribution in [-0.4, -0.2) is 5.84 Å². The highest BCUT2D eigenvalue weighted by Crippen LogP contribution is 2.14. The predicted octanol–water partition coefficient (Wildman–Crippen LogP) is -0.996. The molecular weight excluding hydrogens is 188 g/mol. The highest BCUT2D eigenvalue weighted by Gasteiger charge is 2.04. The Labute approximate surface area is 87.5 Å². The van der Waals surface area contributed by atoms with Crippen LogP contribution in [0.1, 0.15) is 5.56 Å². The normalized spacial score (nSPS) is 11.7. The number of nitrogen functional groups attached to an aromatic ring is 1. The zero-order valence-corrected chi connectivity index (χ0v) is 8.20. The maximum absolute atomic E-state index is 5.76. The summed E-state index contributed by atoms with van der Waals surface area (Å²) < 4.78 is 0. The van der Waals surface area contributed by atoms with Gasteiger partial charge < -0.3 is 0 Å². The molecule has 0 fully saturated rings. The lowest BCUT2D eigenvalue weighted by Gasteiger charge is -1.99. The van der Waals surface area contributed by atoms with Crippen molar-refractivity contribution in [3.63, 3.8) is 0 Å². The van der Waals surface area contributed by atoms with Gasteiger partial charge in [-0.15, -0.1) is 0 Å². The van der Waals surface area contributed by atoms with E-state index < -0.39 is 0 Å². The van der Waals surface area contributed by atoms with Crippen LogP contribution in [0.15, 0.2) is 42.5 Å². The number of hydrazone groups is 1. The molecule has 2 aromatic carbocycles. The van der Waals surface area contributed by atoms with Crippen LogP contribution < -0.4 is 22.2 Å². The lowest BCUT2D eigenvalue weighted by molar-refractivity contribution is -0.528. The molecule has 0 spiro atoms. The molecule has 76 valence electrons. The predicted molar refractivity (Wildman–Crippen MR) is 60.5 cm³/mol. The van der Waals surface area contributed by atoms with Crippen LogP contribution in [0, 0.1) is 0 Å². The Morgan fingerprint density at radius 3 is 2.53 bits per heavy atom. The van der Waals surface area contributed by atoms with Gasteiger partial charge in [-0.05, 0) is 22.9 Å². The third-order valence-corrected chi connectivity index (χ3v) is 2.27. The number of hydrogen-bond acceptors (Lipinski definition) is 2. The van der Waals surface area contributed by atoms with E-state index in [1.165, 1.54) is 5.39 Å². The number of rotatable bonds is 2. The van der Waals surface area contributed by atoms with E-state index in [0.29, 0.717) is 5.84 Å². The number of hydrogen-bond donors (Lipinski definition) is 4. The summed E-state index contributed by atoms with van der Waals surface area (Å²) in [6.07, 6.45) is 0. The van der Waals surface area contributed by atoms with Crippen molar-refractivity contribution in [2.75, 3.05) is 0 Å². The lowest BCUT2D eigenvalue weighted by Crippen LogP contribution is -2.87. The second-order valence-electron chi connectivity index (χ2n) is 3.24. The summed E-state index contributed by atoms with van der Waals surface area (Å²) in [5, 5.41) is 4.99. The zero-order valence-electron chi connectivity index (χ0n) is 8.20. The molecule has 0 bridgehead atoms. The van der Waals surface area contributed by atoms with Crippen molar-refractivity contribution in [3.8, 4) is 0 Å². The van der Waals surface area contributed by atoms with Crippen LogP contribution in [0.25, 0.3) is 10.8 Å². The van der Waals surface area contributed by atoms with Gasteiger partial charge in [0.1, 0.15) is 0 Å². The average Bonchev–Trinajstić information content (AvgIpc) is 2.29. The Balaban J connectivity index is 2.51. The van der Waals surface area contributed by atoms with Crippen molar-refractivity contribution in [2.24, 2.45) is 11.6 Å². The summed E-state index contributed by atoms with van der Waals surface area (Å²) in [7, 11) is 0. The Hall–Kier alpha value is -2.07. The first-order valence-corrected chi connectivity index (χ1v) is 4.64. The topological polar surface area (TPSA) is 78.0 Å². The molecule has 0 saturated heterocycles. The van der Waals surface area contributed by atoms with E-state index in [2.05, 4.69) is 16.7 Å². The van der Waals surface area contributed by atoms with Crippen molar-refractivity contribution >= 4 is 16.6 Å². The molecule has 0 aliphatic heterocycles. The van der Waals surface area contributed by atoms with Crippen LogP contribution >= 0.6 is 0 Å². The molecule has 0 saturated carbocycles. The minimum atomic E-state index is 0.503.